The highest BCUT2D eigenvalue weighted by molar-refractivity contribution is 5.62. The first kappa shape index (κ1) is 13.5. The van der Waals surface area contributed by atoms with Crippen LogP contribution >= 0.6 is 0 Å². The van der Waals surface area contributed by atoms with E-state index in [0.717, 1.165) is 30.3 Å². The Hall–Kier alpha value is -1.58. The Labute approximate surface area is 104 Å². The summed E-state index contributed by atoms with van der Waals surface area (Å²) in [4.78, 5) is 11.2. The van der Waals surface area contributed by atoms with Crippen molar-refractivity contribution in [3.05, 3.63) is 24.7 Å². The number of aryl methyl sites for hydroxylation is 1. The number of aromatic nitrogens is 2. The Morgan fingerprint density at radius 2 is 2.24 bits per heavy atom. The van der Waals surface area contributed by atoms with Crippen molar-refractivity contribution in [3.63, 3.8) is 0 Å². The molecule has 17 heavy (non-hydrogen) atoms. The molecule has 1 aromatic rings. The molecule has 0 fully saturated rings. The van der Waals surface area contributed by atoms with Crippen molar-refractivity contribution < 1.29 is 0 Å². The first-order valence-electron chi connectivity index (χ1n) is 6.11. The molecule has 4 nitrogen and oxygen atoms in total. The minimum Gasteiger partial charge on any atom is -0.351 e. The molecule has 0 bridgehead atoms. The summed E-state index contributed by atoms with van der Waals surface area (Å²) >= 11 is 0. The minimum atomic E-state index is 0.446. The number of hydrogen-bond acceptors (Lipinski definition) is 4. The molecule has 1 rings (SSSR count). The van der Waals surface area contributed by atoms with Gasteiger partial charge in [0.2, 0.25) is 0 Å². The van der Waals surface area contributed by atoms with Crippen LogP contribution in [0, 0.1) is 6.92 Å². The molecule has 1 unspecified atom stereocenters. The Kier molecular flexibility index (Phi) is 4.94. The zero-order chi connectivity index (χ0) is 12.8. The molecule has 0 aliphatic carbocycles. The van der Waals surface area contributed by atoms with Gasteiger partial charge in [0.1, 0.15) is 0 Å². The lowest BCUT2D eigenvalue weighted by Crippen LogP contribution is -2.33. The van der Waals surface area contributed by atoms with Gasteiger partial charge in [-0.2, -0.15) is 0 Å². The van der Waals surface area contributed by atoms with Gasteiger partial charge in [0.25, 0.3) is 0 Å². The van der Waals surface area contributed by atoms with Gasteiger partial charge in [-0.05, 0) is 33.4 Å². The molecule has 0 aliphatic rings. The molecular weight excluding hydrogens is 212 g/mol. The first-order chi connectivity index (χ1) is 8.13. The molecule has 1 atom stereocenters. The van der Waals surface area contributed by atoms with Gasteiger partial charge < -0.3 is 10.2 Å². The van der Waals surface area contributed by atoms with Gasteiger partial charge in [-0.15, -0.1) is 0 Å². The van der Waals surface area contributed by atoms with Crippen molar-refractivity contribution in [2.24, 2.45) is 0 Å². The van der Waals surface area contributed by atoms with E-state index in [1.54, 1.807) is 12.4 Å². The van der Waals surface area contributed by atoms with Crippen molar-refractivity contribution in [3.8, 4) is 0 Å². The van der Waals surface area contributed by atoms with E-state index in [-0.39, 0.29) is 0 Å². The highest BCUT2D eigenvalue weighted by Gasteiger charge is 2.17. The van der Waals surface area contributed by atoms with E-state index < -0.39 is 0 Å². The molecule has 1 N–H and O–H groups in total. The van der Waals surface area contributed by atoms with Crippen LogP contribution in [0.3, 0.4) is 0 Å². The number of nitrogens with one attached hydrogen (secondary N) is 1. The molecule has 0 radical (unpaired) electrons. The van der Waals surface area contributed by atoms with E-state index in [1.807, 2.05) is 6.92 Å². The third kappa shape index (κ3) is 3.19. The average molecular weight is 234 g/mol. The maximum absolute atomic E-state index is 4.59. The van der Waals surface area contributed by atoms with Gasteiger partial charge in [-0.3, -0.25) is 0 Å². The van der Waals surface area contributed by atoms with Crippen LogP contribution < -0.4 is 10.2 Å². The van der Waals surface area contributed by atoms with Gasteiger partial charge in [0, 0.05) is 12.6 Å². The van der Waals surface area contributed by atoms with Gasteiger partial charge in [-0.1, -0.05) is 13.5 Å². The molecule has 4 heteroatoms. The highest BCUT2D eigenvalue weighted by Crippen LogP contribution is 2.23. The fraction of sp³-hybridized carbons (Fsp3) is 0.538. The number of rotatable bonds is 6. The lowest BCUT2D eigenvalue weighted by molar-refractivity contribution is 0.622. The number of hydrogen-bond donors (Lipinski definition) is 1. The highest BCUT2D eigenvalue weighted by atomic mass is 15.2. The second kappa shape index (κ2) is 6.23. The summed E-state index contributed by atoms with van der Waals surface area (Å²) in [5.74, 6) is 1.68. The lowest BCUT2D eigenvalue weighted by atomic mass is 10.2. The molecule has 1 heterocycles. The average Bonchev–Trinajstić information content (AvgIpc) is 2.33. The summed E-state index contributed by atoms with van der Waals surface area (Å²) in [6, 6.07) is 0.446. The molecule has 0 spiro atoms. The SMILES string of the molecule is C=CNc1ncc(C)nc1N(CC)C(C)CC. The summed E-state index contributed by atoms with van der Waals surface area (Å²) in [6.45, 7) is 13.1. The zero-order valence-electron chi connectivity index (χ0n) is 11.2. The van der Waals surface area contributed by atoms with Crippen molar-refractivity contribution >= 4 is 11.6 Å². The molecule has 0 saturated carbocycles. The maximum atomic E-state index is 4.59. The van der Waals surface area contributed by atoms with Gasteiger partial charge in [0.15, 0.2) is 11.6 Å². The summed E-state index contributed by atoms with van der Waals surface area (Å²) in [5, 5.41) is 3.05. The third-order valence-corrected chi connectivity index (χ3v) is 2.85. The molecule has 0 aliphatic heterocycles. The lowest BCUT2D eigenvalue weighted by Gasteiger charge is -2.29. The summed E-state index contributed by atoms with van der Waals surface area (Å²) in [6.07, 6.45) is 4.48. The molecule has 0 saturated heterocycles. The summed E-state index contributed by atoms with van der Waals surface area (Å²) < 4.78 is 0. The molecule has 94 valence electrons. The fourth-order valence-electron chi connectivity index (χ4n) is 1.75. The molecule has 0 amide bonds. The van der Waals surface area contributed by atoms with Crippen LogP contribution in [0.15, 0.2) is 19.0 Å². The fourth-order valence-corrected chi connectivity index (χ4v) is 1.75. The van der Waals surface area contributed by atoms with E-state index in [0.29, 0.717) is 6.04 Å². The van der Waals surface area contributed by atoms with Crippen LogP contribution in [-0.4, -0.2) is 22.6 Å². The van der Waals surface area contributed by atoms with Crippen molar-refractivity contribution in [1.82, 2.24) is 9.97 Å². The van der Waals surface area contributed by atoms with Crippen LogP contribution in [0.25, 0.3) is 0 Å². The van der Waals surface area contributed by atoms with E-state index in [9.17, 15) is 0 Å². The second-order valence-electron chi connectivity index (χ2n) is 4.08. The first-order valence-corrected chi connectivity index (χ1v) is 6.11. The predicted molar refractivity (Wildman–Crippen MR) is 73.4 cm³/mol. The Balaban J connectivity index is 3.14. The largest absolute Gasteiger partial charge is 0.351 e. The van der Waals surface area contributed by atoms with Crippen LogP contribution in [0.5, 0.6) is 0 Å². The smallest absolute Gasteiger partial charge is 0.173 e. The molecular formula is C13H22N4. The van der Waals surface area contributed by atoms with E-state index in [1.165, 1.54) is 0 Å². The number of nitrogens with zero attached hydrogens (tertiary/aromatic N) is 3. The van der Waals surface area contributed by atoms with Crippen LogP contribution in [0.1, 0.15) is 32.9 Å². The van der Waals surface area contributed by atoms with Crippen molar-refractivity contribution in [2.45, 2.75) is 40.2 Å². The molecule has 0 aromatic carbocycles. The Morgan fingerprint density at radius 1 is 1.53 bits per heavy atom. The zero-order valence-corrected chi connectivity index (χ0v) is 11.2. The van der Waals surface area contributed by atoms with E-state index >= 15 is 0 Å². The Bertz CT molecular complexity index is 376. The number of anilines is 2. The second-order valence-corrected chi connectivity index (χ2v) is 4.08. The van der Waals surface area contributed by atoms with Crippen LogP contribution in [0.4, 0.5) is 11.6 Å². The normalized spacial score (nSPS) is 12.0. The maximum Gasteiger partial charge on any atom is 0.173 e. The summed E-state index contributed by atoms with van der Waals surface area (Å²) in [7, 11) is 0. The third-order valence-electron chi connectivity index (χ3n) is 2.85. The van der Waals surface area contributed by atoms with E-state index in [2.05, 4.69) is 47.5 Å². The monoisotopic (exact) mass is 234 g/mol. The Morgan fingerprint density at radius 3 is 2.76 bits per heavy atom. The minimum absolute atomic E-state index is 0.446. The summed E-state index contributed by atoms with van der Waals surface area (Å²) in [5.41, 5.74) is 0.927. The van der Waals surface area contributed by atoms with Gasteiger partial charge in [0.05, 0.1) is 11.9 Å². The van der Waals surface area contributed by atoms with E-state index in [4.69, 9.17) is 0 Å². The van der Waals surface area contributed by atoms with Crippen LogP contribution in [-0.2, 0) is 0 Å². The standard InChI is InChI=1S/C13H22N4/c1-6-11(5)17(8-3)13-12(14-7-2)15-9-10(4)16-13/h7,9,11H,2,6,8H2,1,3-5H3,(H,14,15). The van der Waals surface area contributed by atoms with Gasteiger partial charge in [-0.25, -0.2) is 9.97 Å². The quantitative estimate of drug-likeness (QED) is 0.821. The topological polar surface area (TPSA) is 41.1 Å². The van der Waals surface area contributed by atoms with Crippen molar-refractivity contribution in [1.29, 1.82) is 0 Å². The van der Waals surface area contributed by atoms with Crippen molar-refractivity contribution in [2.75, 3.05) is 16.8 Å². The molecule has 1 aromatic heterocycles. The predicted octanol–water partition coefficient (Wildman–Crippen LogP) is 2.97. The van der Waals surface area contributed by atoms with Crippen LogP contribution in [0.2, 0.25) is 0 Å². The van der Waals surface area contributed by atoms with Gasteiger partial charge >= 0.3 is 0 Å².